The smallest absolute Gasteiger partial charge is 0.191 e. The van der Waals surface area contributed by atoms with Crippen LogP contribution in [0, 0.1) is 5.92 Å². The third-order valence-corrected chi connectivity index (χ3v) is 3.36. The number of ether oxygens (including phenoxy) is 1. The van der Waals surface area contributed by atoms with Crippen LogP contribution in [-0.4, -0.2) is 63.3 Å². The zero-order valence-electron chi connectivity index (χ0n) is 13.9. The molecule has 1 aliphatic heterocycles. The third-order valence-electron chi connectivity index (χ3n) is 3.36. The van der Waals surface area contributed by atoms with Crippen molar-refractivity contribution in [3.63, 3.8) is 0 Å². The first-order valence-electron chi connectivity index (χ1n) is 8.04. The van der Waals surface area contributed by atoms with Crippen LogP contribution in [0.1, 0.15) is 33.6 Å². The van der Waals surface area contributed by atoms with Gasteiger partial charge < -0.3 is 15.4 Å². The Bertz CT molecular complexity index is 268. The molecule has 0 aromatic rings. The van der Waals surface area contributed by atoms with Gasteiger partial charge in [0.1, 0.15) is 0 Å². The predicted octanol–water partition coefficient (Wildman–Crippen LogP) is 1.93. The van der Waals surface area contributed by atoms with E-state index in [1.807, 2.05) is 0 Å². The molecule has 0 unspecified atom stereocenters. The number of rotatable bonds is 8. The second-order valence-electron chi connectivity index (χ2n) is 5.68. The molecule has 0 saturated carbocycles. The van der Waals surface area contributed by atoms with Crippen molar-refractivity contribution < 1.29 is 4.74 Å². The Morgan fingerprint density at radius 2 is 1.95 bits per heavy atom. The van der Waals surface area contributed by atoms with Crippen molar-refractivity contribution in [3.8, 4) is 0 Å². The highest BCUT2D eigenvalue weighted by Crippen LogP contribution is 1.98. The van der Waals surface area contributed by atoms with E-state index in [4.69, 9.17) is 4.74 Å². The maximum atomic E-state index is 5.35. The van der Waals surface area contributed by atoms with E-state index in [0.717, 1.165) is 70.8 Å². The summed E-state index contributed by atoms with van der Waals surface area (Å²) in [4.78, 5) is 7.09. The first-order valence-corrected chi connectivity index (χ1v) is 8.04. The number of halogens is 1. The highest BCUT2D eigenvalue weighted by molar-refractivity contribution is 14.0. The molecule has 1 heterocycles. The molecule has 0 amide bonds. The Morgan fingerprint density at radius 1 is 1.24 bits per heavy atom. The van der Waals surface area contributed by atoms with E-state index in [-0.39, 0.29) is 24.0 Å². The Labute approximate surface area is 147 Å². The maximum absolute atomic E-state index is 5.35. The van der Waals surface area contributed by atoms with Crippen molar-refractivity contribution in [2.24, 2.45) is 10.9 Å². The summed E-state index contributed by atoms with van der Waals surface area (Å²) in [6.07, 6.45) is 2.29. The minimum absolute atomic E-state index is 0. The average Bonchev–Trinajstić information content (AvgIpc) is 2.44. The minimum Gasteiger partial charge on any atom is -0.379 e. The van der Waals surface area contributed by atoms with Crippen molar-refractivity contribution >= 4 is 29.9 Å². The molecule has 5 nitrogen and oxygen atoms in total. The molecule has 0 radical (unpaired) electrons. The summed E-state index contributed by atoms with van der Waals surface area (Å²) in [5, 5.41) is 6.70. The van der Waals surface area contributed by atoms with Gasteiger partial charge in [-0.15, -0.1) is 24.0 Å². The Balaban J connectivity index is 0.00000400. The lowest BCUT2D eigenvalue weighted by Gasteiger charge is -2.26. The van der Waals surface area contributed by atoms with Crippen LogP contribution in [0.4, 0.5) is 0 Å². The van der Waals surface area contributed by atoms with E-state index in [1.54, 1.807) is 0 Å². The highest BCUT2D eigenvalue weighted by Gasteiger charge is 2.08. The zero-order chi connectivity index (χ0) is 14.6. The van der Waals surface area contributed by atoms with Crippen LogP contribution >= 0.6 is 24.0 Å². The van der Waals surface area contributed by atoms with Gasteiger partial charge >= 0.3 is 0 Å². The molecule has 21 heavy (non-hydrogen) atoms. The topological polar surface area (TPSA) is 48.9 Å². The largest absolute Gasteiger partial charge is 0.379 e. The summed E-state index contributed by atoms with van der Waals surface area (Å²) >= 11 is 0. The van der Waals surface area contributed by atoms with Gasteiger partial charge in [0.25, 0.3) is 0 Å². The molecule has 126 valence electrons. The fourth-order valence-corrected chi connectivity index (χ4v) is 2.13. The molecular weight excluding hydrogens is 379 g/mol. The molecule has 0 aromatic carbocycles. The number of nitrogens with zero attached hydrogens (tertiary/aromatic N) is 2. The summed E-state index contributed by atoms with van der Waals surface area (Å²) in [6.45, 7) is 14.4. The molecule has 1 fully saturated rings. The van der Waals surface area contributed by atoms with Crippen molar-refractivity contribution in [1.82, 2.24) is 15.5 Å². The minimum atomic E-state index is 0. The van der Waals surface area contributed by atoms with Crippen LogP contribution in [0.2, 0.25) is 0 Å². The van der Waals surface area contributed by atoms with Crippen LogP contribution in [0.5, 0.6) is 0 Å². The lowest BCUT2D eigenvalue weighted by Crippen LogP contribution is -2.39. The normalized spacial score (nSPS) is 16.7. The predicted molar refractivity (Wildman–Crippen MR) is 101 cm³/mol. The maximum Gasteiger partial charge on any atom is 0.191 e. The molecule has 6 heteroatoms. The molecule has 0 atom stereocenters. The molecule has 1 aliphatic rings. The first-order chi connectivity index (χ1) is 9.72. The Morgan fingerprint density at radius 3 is 2.57 bits per heavy atom. The van der Waals surface area contributed by atoms with Gasteiger partial charge in [0, 0.05) is 39.3 Å². The van der Waals surface area contributed by atoms with Crippen LogP contribution in [0.25, 0.3) is 0 Å². The van der Waals surface area contributed by atoms with Crippen molar-refractivity contribution in [1.29, 1.82) is 0 Å². The molecule has 0 bridgehead atoms. The summed E-state index contributed by atoms with van der Waals surface area (Å²) in [6, 6.07) is 0. The lowest BCUT2D eigenvalue weighted by atomic mass is 10.1. The number of aliphatic imine (C=N–C) groups is 1. The van der Waals surface area contributed by atoms with Gasteiger partial charge in [0.05, 0.1) is 13.2 Å². The molecule has 0 aromatic heterocycles. The Kier molecular flexibility index (Phi) is 13.5. The first kappa shape index (κ1) is 20.9. The molecule has 1 rings (SSSR count). The van der Waals surface area contributed by atoms with E-state index in [9.17, 15) is 0 Å². The van der Waals surface area contributed by atoms with Crippen LogP contribution < -0.4 is 10.6 Å². The summed E-state index contributed by atoms with van der Waals surface area (Å²) in [7, 11) is 0. The summed E-state index contributed by atoms with van der Waals surface area (Å²) in [5.41, 5.74) is 0. The van der Waals surface area contributed by atoms with E-state index in [0.29, 0.717) is 0 Å². The Hall–Kier alpha value is -0.0800. The molecule has 2 N–H and O–H groups in total. The van der Waals surface area contributed by atoms with Gasteiger partial charge in [0.2, 0.25) is 0 Å². The van der Waals surface area contributed by atoms with E-state index >= 15 is 0 Å². The second-order valence-corrected chi connectivity index (χ2v) is 5.68. The number of nitrogens with one attached hydrogen (secondary N) is 2. The fourth-order valence-electron chi connectivity index (χ4n) is 2.13. The number of hydrogen-bond acceptors (Lipinski definition) is 3. The molecule has 1 saturated heterocycles. The monoisotopic (exact) mass is 412 g/mol. The quantitative estimate of drug-likeness (QED) is 0.277. The lowest BCUT2D eigenvalue weighted by molar-refractivity contribution is 0.0377. The van der Waals surface area contributed by atoms with Gasteiger partial charge in [0.15, 0.2) is 5.96 Å². The van der Waals surface area contributed by atoms with Crippen LogP contribution in [0.3, 0.4) is 0 Å². The average molecular weight is 412 g/mol. The number of guanidine groups is 1. The van der Waals surface area contributed by atoms with E-state index in [2.05, 4.69) is 41.3 Å². The van der Waals surface area contributed by atoms with Crippen molar-refractivity contribution in [2.75, 3.05) is 52.5 Å². The molecule has 0 spiro atoms. The molecular formula is C15H33IN4O. The number of morpholine rings is 1. The second kappa shape index (κ2) is 13.6. The summed E-state index contributed by atoms with van der Waals surface area (Å²) in [5.74, 6) is 1.68. The summed E-state index contributed by atoms with van der Waals surface area (Å²) < 4.78 is 5.35. The van der Waals surface area contributed by atoms with Crippen molar-refractivity contribution in [2.45, 2.75) is 33.6 Å². The standard InChI is InChI=1S/C15H32N4O.HI/c1-4-16-15(18-8-6-14(2)3)17-7-5-9-19-10-12-20-13-11-19;/h14H,4-13H2,1-3H3,(H2,16,17,18);1H. The number of hydrogen-bond donors (Lipinski definition) is 2. The van der Waals surface area contributed by atoms with Crippen molar-refractivity contribution in [3.05, 3.63) is 0 Å². The van der Waals surface area contributed by atoms with Gasteiger partial charge in [-0.05, 0) is 25.7 Å². The van der Waals surface area contributed by atoms with Gasteiger partial charge in [-0.3, -0.25) is 9.89 Å². The van der Waals surface area contributed by atoms with Crippen LogP contribution in [0.15, 0.2) is 4.99 Å². The van der Waals surface area contributed by atoms with Gasteiger partial charge in [-0.1, -0.05) is 13.8 Å². The highest BCUT2D eigenvalue weighted by atomic mass is 127. The zero-order valence-corrected chi connectivity index (χ0v) is 16.2. The SMILES string of the molecule is CCNC(=NCCCN1CCOCC1)NCCC(C)C.I. The fraction of sp³-hybridized carbons (Fsp3) is 0.933. The van der Waals surface area contributed by atoms with E-state index < -0.39 is 0 Å². The van der Waals surface area contributed by atoms with Gasteiger partial charge in [-0.25, -0.2) is 0 Å². The van der Waals surface area contributed by atoms with Crippen LogP contribution in [-0.2, 0) is 4.74 Å². The van der Waals surface area contributed by atoms with E-state index in [1.165, 1.54) is 6.42 Å². The molecule has 0 aliphatic carbocycles. The van der Waals surface area contributed by atoms with Gasteiger partial charge in [-0.2, -0.15) is 0 Å². The third kappa shape index (κ3) is 11.2.